The van der Waals surface area contributed by atoms with E-state index < -0.39 is 0 Å². The van der Waals surface area contributed by atoms with E-state index >= 15 is 0 Å². The zero-order valence-electron chi connectivity index (χ0n) is 10.5. The summed E-state index contributed by atoms with van der Waals surface area (Å²) in [6.45, 7) is 4.77. The summed E-state index contributed by atoms with van der Waals surface area (Å²) in [5.74, 6) is 0.622. The number of anilines is 1. The van der Waals surface area contributed by atoms with Crippen molar-refractivity contribution in [1.29, 1.82) is 5.26 Å². The van der Waals surface area contributed by atoms with E-state index in [-0.39, 0.29) is 6.04 Å². The third kappa shape index (κ3) is 2.86. The first-order valence-electron chi connectivity index (χ1n) is 5.80. The van der Waals surface area contributed by atoms with Crippen LogP contribution in [0.3, 0.4) is 0 Å². The summed E-state index contributed by atoms with van der Waals surface area (Å²) in [7, 11) is 0. The van der Waals surface area contributed by atoms with Gasteiger partial charge in [-0.25, -0.2) is 4.98 Å². The van der Waals surface area contributed by atoms with Gasteiger partial charge in [-0.05, 0) is 31.5 Å². The van der Waals surface area contributed by atoms with Crippen LogP contribution in [0.1, 0.15) is 18.1 Å². The normalized spacial score (nSPS) is 11.8. The van der Waals surface area contributed by atoms with Crippen LogP contribution in [0, 0.1) is 18.3 Å². The van der Waals surface area contributed by atoms with Crippen molar-refractivity contribution < 1.29 is 0 Å². The summed E-state index contributed by atoms with van der Waals surface area (Å²) < 4.78 is 1.88. The van der Waals surface area contributed by atoms with Gasteiger partial charge in [0.05, 0.1) is 18.3 Å². The number of pyridine rings is 1. The molecule has 1 atom stereocenters. The predicted octanol–water partition coefficient (Wildman–Crippen LogP) is 1.96. The smallest absolute Gasteiger partial charge is 0.144 e. The van der Waals surface area contributed by atoms with Gasteiger partial charge in [0.15, 0.2) is 0 Å². The van der Waals surface area contributed by atoms with Crippen LogP contribution in [0.15, 0.2) is 30.7 Å². The Labute approximate surface area is 106 Å². The fraction of sp³-hybridized carbons (Fsp3) is 0.308. The summed E-state index contributed by atoms with van der Waals surface area (Å²) in [4.78, 5) is 4.17. The molecule has 0 aliphatic carbocycles. The second kappa shape index (κ2) is 5.32. The number of hydrogen-bond acceptors (Lipinski definition) is 4. The molecule has 0 aliphatic heterocycles. The standard InChI is InChI=1S/C13H15N5/c1-10-7-16-18(8-10)9-11(2)17-13-12(6-14)4-3-5-15-13/h3-5,7-8,11H,9H2,1-2H3,(H,15,17). The average molecular weight is 241 g/mol. The van der Waals surface area contributed by atoms with Gasteiger partial charge in [-0.15, -0.1) is 0 Å². The van der Waals surface area contributed by atoms with Crippen LogP contribution in [-0.2, 0) is 6.54 Å². The lowest BCUT2D eigenvalue weighted by molar-refractivity contribution is 0.559. The van der Waals surface area contributed by atoms with Crippen LogP contribution < -0.4 is 5.32 Å². The van der Waals surface area contributed by atoms with Gasteiger partial charge in [0.25, 0.3) is 0 Å². The summed E-state index contributed by atoms with van der Waals surface area (Å²) in [6.07, 6.45) is 5.49. The van der Waals surface area contributed by atoms with Crippen molar-refractivity contribution >= 4 is 5.82 Å². The second-order valence-corrected chi connectivity index (χ2v) is 4.30. The van der Waals surface area contributed by atoms with Crippen LogP contribution in [-0.4, -0.2) is 20.8 Å². The molecule has 2 aromatic rings. The lowest BCUT2D eigenvalue weighted by atomic mass is 10.2. The van der Waals surface area contributed by atoms with Crippen molar-refractivity contribution in [2.45, 2.75) is 26.4 Å². The molecule has 0 aliphatic rings. The van der Waals surface area contributed by atoms with Crippen LogP contribution in [0.5, 0.6) is 0 Å². The van der Waals surface area contributed by atoms with Gasteiger partial charge in [0, 0.05) is 18.4 Å². The minimum absolute atomic E-state index is 0.145. The molecule has 92 valence electrons. The summed E-state index contributed by atoms with van der Waals surface area (Å²) >= 11 is 0. The highest BCUT2D eigenvalue weighted by Gasteiger charge is 2.08. The Morgan fingerprint density at radius 2 is 2.39 bits per heavy atom. The van der Waals surface area contributed by atoms with Crippen molar-refractivity contribution in [3.05, 3.63) is 41.9 Å². The van der Waals surface area contributed by atoms with Crippen molar-refractivity contribution in [2.75, 3.05) is 5.32 Å². The maximum Gasteiger partial charge on any atom is 0.144 e. The number of nitriles is 1. The molecule has 18 heavy (non-hydrogen) atoms. The molecule has 1 N–H and O–H groups in total. The molecule has 0 saturated heterocycles. The minimum Gasteiger partial charge on any atom is -0.365 e. The maximum absolute atomic E-state index is 8.98. The topological polar surface area (TPSA) is 66.5 Å². The van der Waals surface area contributed by atoms with E-state index in [0.29, 0.717) is 11.4 Å². The molecule has 5 nitrogen and oxygen atoms in total. The molecule has 2 aromatic heterocycles. The fourth-order valence-electron chi connectivity index (χ4n) is 1.74. The fourth-order valence-corrected chi connectivity index (χ4v) is 1.74. The molecule has 0 saturated carbocycles. The first-order chi connectivity index (χ1) is 8.69. The third-order valence-electron chi connectivity index (χ3n) is 2.53. The van der Waals surface area contributed by atoms with Crippen LogP contribution >= 0.6 is 0 Å². The summed E-state index contributed by atoms with van der Waals surface area (Å²) in [6, 6.07) is 5.77. The van der Waals surface area contributed by atoms with Gasteiger partial charge in [-0.3, -0.25) is 4.68 Å². The van der Waals surface area contributed by atoms with Gasteiger partial charge >= 0.3 is 0 Å². The van der Waals surface area contributed by atoms with E-state index in [0.717, 1.165) is 12.1 Å². The number of nitrogens with zero attached hydrogens (tertiary/aromatic N) is 4. The highest BCUT2D eigenvalue weighted by Crippen LogP contribution is 2.11. The zero-order chi connectivity index (χ0) is 13.0. The molecule has 2 rings (SSSR count). The van der Waals surface area contributed by atoms with E-state index in [4.69, 9.17) is 5.26 Å². The Morgan fingerprint density at radius 1 is 1.56 bits per heavy atom. The van der Waals surface area contributed by atoms with Gasteiger partial charge in [0.2, 0.25) is 0 Å². The molecule has 2 heterocycles. The minimum atomic E-state index is 0.145. The molecule has 0 fully saturated rings. The Morgan fingerprint density at radius 3 is 3.06 bits per heavy atom. The first kappa shape index (κ1) is 12.1. The molecule has 0 amide bonds. The lowest BCUT2D eigenvalue weighted by Gasteiger charge is -2.15. The monoisotopic (exact) mass is 241 g/mol. The zero-order valence-corrected chi connectivity index (χ0v) is 10.5. The average Bonchev–Trinajstić information content (AvgIpc) is 2.75. The lowest BCUT2D eigenvalue weighted by Crippen LogP contribution is -2.23. The van der Waals surface area contributed by atoms with Crippen LogP contribution in [0.4, 0.5) is 5.82 Å². The van der Waals surface area contributed by atoms with E-state index in [1.807, 2.05) is 30.9 Å². The van der Waals surface area contributed by atoms with E-state index in [1.54, 1.807) is 18.3 Å². The number of hydrogen-bond donors (Lipinski definition) is 1. The van der Waals surface area contributed by atoms with Crippen molar-refractivity contribution in [1.82, 2.24) is 14.8 Å². The van der Waals surface area contributed by atoms with Crippen molar-refractivity contribution in [3.63, 3.8) is 0 Å². The quantitative estimate of drug-likeness (QED) is 0.888. The largest absolute Gasteiger partial charge is 0.365 e. The number of rotatable bonds is 4. The molecular formula is C13H15N5. The molecule has 5 heteroatoms. The van der Waals surface area contributed by atoms with E-state index in [9.17, 15) is 0 Å². The summed E-state index contributed by atoms with van der Waals surface area (Å²) in [5, 5.41) is 16.4. The molecular weight excluding hydrogens is 226 g/mol. The van der Waals surface area contributed by atoms with Gasteiger partial charge in [0.1, 0.15) is 11.9 Å². The van der Waals surface area contributed by atoms with Gasteiger partial charge in [-0.1, -0.05) is 0 Å². The Balaban J connectivity index is 2.03. The Hall–Kier alpha value is -2.35. The van der Waals surface area contributed by atoms with Crippen molar-refractivity contribution in [2.24, 2.45) is 0 Å². The number of aromatic nitrogens is 3. The highest BCUT2D eigenvalue weighted by molar-refractivity contribution is 5.51. The Bertz CT molecular complexity index is 567. The molecule has 0 bridgehead atoms. The van der Waals surface area contributed by atoms with Gasteiger partial charge < -0.3 is 5.32 Å². The molecule has 0 aromatic carbocycles. The maximum atomic E-state index is 8.98. The SMILES string of the molecule is Cc1cnn(CC(C)Nc2ncccc2C#N)c1. The number of nitrogens with one attached hydrogen (secondary N) is 1. The van der Waals surface area contributed by atoms with Crippen molar-refractivity contribution in [3.8, 4) is 6.07 Å². The van der Waals surface area contributed by atoms with E-state index in [2.05, 4.69) is 21.5 Å². The molecule has 0 radical (unpaired) electrons. The Kier molecular flexibility index (Phi) is 3.58. The van der Waals surface area contributed by atoms with Crippen LogP contribution in [0.25, 0.3) is 0 Å². The first-order valence-corrected chi connectivity index (χ1v) is 5.80. The van der Waals surface area contributed by atoms with Gasteiger partial charge in [-0.2, -0.15) is 10.4 Å². The third-order valence-corrected chi connectivity index (χ3v) is 2.53. The van der Waals surface area contributed by atoms with E-state index in [1.165, 1.54) is 0 Å². The highest BCUT2D eigenvalue weighted by atomic mass is 15.3. The van der Waals surface area contributed by atoms with Crippen LogP contribution in [0.2, 0.25) is 0 Å². The molecule has 0 spiro atoms. The molecule has 1 unspecified atom stereocenters. The number of aryl methyl sites for hydroxylation is 1. The second-order valence-electron chi connectivity index (χ2n) is 4.30. The predicted molar refractivity (Wildman–Crippen MR) is 69.0 cm³/mol. The summed E-state index contributed by atoms with van der Waals surface area (Å²) in [5.41, 5.74) is 1.69.